The quantitative estimate of drug-likeness (QED) is 0.564. The Morgan fingerprint density at radius 1 is 1.64 bits per heavy atom. The smallest absolute Gasteiger partial charge is 0.309 e. The Kier molecular flexibility index (Phi) is 3.24. The number of carbonyl (C=O) groups is 1. The molecule has 0 spiro atoms. The maximum Gasteiger partial charge on any atom is 0.309 e. The molecule has 0 amide bonds. The summed E-state index contributed by atoms with van der Waals surface area (Å²) in [6, 6.07) is 0. The highest BCUT2D eigenvalue weighted by atomic mass is 32.2. The first kappa shape index (κ1) is 8.91. The highest BCUT2D eigenvalue weighted by molar-refractivity contribution is 7.99. The van der Waals surface area contributed by atoms with E-state index in [1.54, 1.807) is 0 Å². The Labute approximate surface area is 71.7 Å². The van der Waals surface area contributed by atoms with E-state index >= 15 is 0 Å². The van der Waals surface area contributed by atoms with Crippen molar-refractivity contribution in [3.05, 3.63) is 0 Å². The number of rotatable bonds is 1. The molecule has 2 atom stereocenters. The minimum atomic E-state index is -0.0373. The van der Waals surface area contributed by atoms with Crippen LogP contribution in [0, 0.1) is 11.8 Å². The highest BCUT2D eigenvalue weighted by Gasteiger charge is 2.28. The number of hydrogen-bond donors (Lipinski definition) is 0. The second-order valence-corrected chi connectivity index (χ2v) is 4.12. The zero-order valence-electron chi connectivity index (χ0n) is 7.00. The molecule has 1 saturated heterocycles. The van der Waals surface area contributed by atoms with E-state index in [2.05, 4.69) is 6.92 Å². The molecular weight excluding hydrogens is 160 g/mol. The third-order valence-corrected chi connectivity index (χ3v) is 3.32. The fourth-order valence-electron chi connectivity index (χ4n) is 1.30. The topological polar surface area (TPSA) is 26.3 Å². The Morgan fingerprint density at radius 2 is 2.36 bits per heavy atom. The number of methoxy groups -OCH3 is 1. The first-order valence-corrected chi connectivity index (χ1v) is 5.06. The lowest BCUT2D eigenvalue weighted by Gasteiger charge is -2.25. The molecule has 0 radical (unpaired) electrons. The van der Waals surface area contributed by atoms with E-state index in [4.69, 9.17) is 4.74 Å². The third-order valence-electron chi connectivity index (χ3n) is 2.21. The van der Waals surface area contributed by atoms with Gasteiger partial charge in [0, 0.05) is 5.75 Å². The number of thioether (sulfide) groups is 1. The van der Waals surface area contributed by atoms with E-state index in [0.717, 1.165) is 12.2 Å². The number of carbonyl (C=O) groups excluding carboxylic acids is 1. The van der Waals surface area contributed by atoms with E-state index in [1.165, 1.54) is 12.9 Å². The summed E-state index contributed by atoms with van der Waals surface area (Å²) in [7, 11) is 1.47. The van der Waals surface area contributed by atoms with Gasteiger partial charge in [-0.25, -0.2) is 0 Å². The van der Waals surface area contributed by atoms with Crippen molar-refractivity contribution < 1.29 is 9.53 Å². The molecule has 0 aromatic rings. The number of esters is 1. The molecule has 1 heterocycles. The molecule has 64 valence electrons. The summed E-state index contributed by atoms with van der Waals surface area (Å²) in [4.78, 5) is 11.1. The van der Waals surface area contributed by atoms with E-state index in [0.29, 0.717) is 5.92 Å². The van der Waals surface area contributed by atoms with E-state index in [-0.39, 0.29) is 11.9 Å². The fourth-order valence-corrected chi connectivity index (χ4v) is 2.72. The molecule has 1 fully saturated rings. The summed E-state index contributed by atoms with van der Waals surface area (Å²) in [5.41, 5.74) is 0. The van der Waals surface area contributed by atoms with Crippen LogP contribution >= 0.6 is 11.8 Å². The van der Waals surface area contributed by atoms with Gasteiger partial charge in [-0.1, -0.05) is 6.92 Å². The summed E-state index contributed by atoms with van der Waals surface area (Å²) >= 11 is 1.85. The molecule has 0 aliphatic carbocycles. The van der Waals surface area contributed by atoms with Crippen molar-refractivity contribution in [1.82, 2.24) is 0 Å². The van der Waals surface area contributed by atoms with Gasteiger partial charge in [-0.05, 0) is 18.1 Å². The van der Waals surface area contributed by atoms with E-state index in [1.807, 2.05) is 11.8 Å². The monoisotopic (exact) mass is 174 g/mol. The predicted octanol–water partition coefficient (Wildman–Crippen LogP) is 1.55. The summed E-state index contributed by atoms with van der Waals surface area (Å²) in [6.07, 6.45) is 1.14. The fraction of sp³-hybridized carbons (Fsp3) is 0.875. The zero-order valence-corrected chi connectivity index (χ0v) is 7.82. The van der Waals surface area contributed by atoms with E-state index < -0.39 is 0 Å². The van der Waals surface area contributed by atoms with Crippen molar-refractivity contribution in [3.8, 4) is 0 Å². The predicted molar refractivity (Wildman–Crippen MR) is 46.6 cm³/mol. The lowest BCUT2D eigenvalue weighted by Crippen LogP contribution is -2.29. The van der Waals surface area contributed by atoms with Crippen molar-refractivity contribution in [2.75, 3.05) is 18.6 Å². The number of ether oxygens (including phenoxy) is 1. The van der Waals surface area contributed by atoms with Crippen LogP contribution in [0.1, 0.15) is 13.3 Å². The van der Waals surface area contributed by atoms with Crippen LogP contribution in [0.15, 0.2) is 0 Å². The van der Waals surface area contributed by atoms with Crippen LogP contribution in [0.3, 0.4) is 0 Å². The molecule has 1 aliphatic rings. The highest BCUT2D eigenvalue weighted by Crippen LogP contribution is 2.28. The van der Waals surface area contributed by atoms with Gasteiger partial charge in [-0.3, -0.25) is 4.79 Å². The van der Waals surface area contributed by atoms with Crippen molar-refractivity contribution in [3.63, 3.8) is 0 Å². The van der Waals surface area contributed by atoms with Gasteiger partial charge in [0.25, 0.3) is 0 Å². The van der Waals surface area contributed by atoms with Crippen molar-refractivity contribution in [2.45, 2.75) is 13.3 Å². The molecule has 0 saturated carbocycles. The van der Waals surface area contributed by atoms with Crippen molar-refractivity contribution in [2.24, 2.45) is 11.8 Å². The van der Waals surface area contributed by atoms with Crippen LogP contribution in [0.4, 0.5) is 0 Å². The molecule has 1 rings (SSSR count). The van der Waals surface area contributed by atoms with E-state index in [9.17, 15) is 4.79 Å². The van der Waals surface area contributed by atoms with Crippen LogP contribution < -0.4 is 0 Å². The molecule has 0 aromatic carbocycles. The van der Waals surface area contributed by atoms with Gasteiger partial charge in [0.05, 0.1) is 13.0 Å². The van der Waals surface area contributed by atoms with Crippen molar-refractivity contribution >= 4 is 17.7 Å². The zero-order chi connectivity index (χ0) is 8.27. The average molecular weight is 174 g/mol. The molecular formula is C8H14O2S. The Morgan fingerprint density at radius 3 is 2.91 bits per heavy atom. The van der Waals surface area contributed by atoms with Gasteiger partial charge in [0.15, 0.2) is 0 Å². The Hall–Kier alpha value is -0.180. The van der Waals surface area contributed by atoms with Gasteiger partial charge in [-0.15, -0.1) is 0 Å². The molecule has 0 aromatic heterocycles. The lowest BCUT2D eigenvalue weighted by atomic mass is 9.93. The number of hydrogen-bond acceptors (Lipinski definition) is 3. The Bertz CT molecular complexity index is 147. The SMILES string of the molecule is COC(=O)C1CSCCC1C. The molecule has 0 N–H and O–H groups in total. The van der Waals surface area contributed by atoms with Gasteiger partial charge in [0.2, 0.25) is 0 Å². The minimum Gasteiger partial charge on any atom is -0.469 e. The molecule has 2 nitrogen and oxygen atoms in total. The van der Waals surface area contributed by atoms with Crippen LogP contribution in [0.5, 0.6) is 0 Å². The second kappa shape index (κ2) is 4.00. The van der Waals surface area contributed by atoms with Gasteiger partial charge >= 0.3 is 5.97 Å². The molecule has 3 heteroatoms. The minimum absolute atomic E-state index is 0.0373. The van der Waals surface area contributed by atoms with Crippen molar-refractivity contribution in [1.29, 1.82) is 0 Å². The van der Waals surface area contributed by atoms with Gasteiger partial charge < -0.3 is 4.74 Å². The maximum atomic E-state index is 11.1. The lowest BCUT2D eigenvalue weighted by molar-refractivity contribution is -0.146. The van der Waals surface area contributed by atoms with Crippen LogP contribution in [-0.2, 0) is 9.53 Å². The normalized spacial score (nSPS) is 31.5. The summed E-state index contributed by atoms with van der Waals surface area (Å²) in [6.45, 7) is 2.13. The van der Waals surface area contributed by atoms with Gasteiger partial charge in [-0.2, -0.15) is 11.8 Å². The van der Waals surface area contributed by atoms with Crippen LogP contribution in [-0.4, -0.2) is 24.6 Å². The molecule has 1 aliphatic heterocycles. The summed E-state index contributed by atoms with van der Waals surface area (Å²) in [5.74, 6) is 2.73. The van der Waals surface area contributed by atoms with Gasteiger partial charge in [0.1, 0.15) is 0 Å². The third kappa shape index (κ3) is 2.12. The maximum absolute atomic E-state index is 11.1. The largest absolute Gasteiger partial charge is 0.469 e. The Balaban J connectivity index is 2.47. The first-order valence-electron chi connectivity index (χ1n) is 3.91. The summed E-state index contributed by atoms with van der Waals surface area (Å²) < 4.78 is 4.71. The standard InChI is InChI=1S/C8H14O2S/c1-6-3-4-11-5-7(6)8(9)10-2/h6-7H,3-5H2,1-2H3. The molecule has 0 bridgehead atoms. The first-order chi connectivity index (χ1) is 5.25. The van der Waals surface area contributed by atoms with Crippen LogP contribution in [0.25, 0.3) is 0 Å². The second-order valence-electron chi connectivity index (χ2n) is 2.97. The van der Waals surface area contributed by atoms with Crippen LogP contribution in [0.2, 0.25) is 0 Å². The average Bonchev–Trinajstić information content (AvgIpc) is 2.04. The molecule has 2 unspecified atom stereocenters. The molecule has 11 heavy (non-hydrogen) atoms. The summed E-state index contributed by atoms with van der Waals surface area (Å²) in [5, 5.41) is 0.